The normalized spacial score (nSPS) is 17.7. The quantitative estimate of drug-likeness (QED) is 0.465. The van der Waals surface area contributed by atoms with E-state index in [1.807, 2.05) is 0 Å². The number of hydrogen-bond acceptors (Lipinski definition) is 5. The average Bonchev–Trinajstić information content (AvgIpc) is 2.98. The highest BCUT2D eigenvalue weighted by Gasteiger charge is 2.22. The van der Waals surface area contributed by atoms with Crippen molar-refractivity contribution in [3.63, 3.8) is 0 Å². The Kier molecular flexibility index (Phi) is 4.89. The number of ether oxygens (including phenoxy) is 1. The molecule has 0 spiro atoms. The number of benzene rings is 1. The van der Waals surface area contributed by atoms with Gasteiger partial charge in [0.2, 0.25) is 5.91 Å². The first-order valence-corrected chi connectivity index (χ1v) is 6.54. The molecule has 1 heterocycles. The molecule has 0 saturated carbocycles. The Morgan fingerprint density at radius 1 is 1.35 bits per heavy atom. The molecule has 0 unspecified atom stereocenters. The number of nitrogens with one attached hydrogen (secondary N) is 2. The molecule has 1 aliphatic heterocycles. The van der Waals surface area contributed by atoms with Crippen molar-refractivity contribution in [1.29, 1.82) is 0 Å². The van der Waals surface area contributed by atoms with Crippen LogP contribution in [0.5, 0.6) is 0 Å². The van der Waals surface area contributed by atoms with Gasteiger partial charge in [0.1, 0.15) is 6.10 Å². The number of carbonyl (C=O) groups is 1. The summed E-state index contributed by atoms with van der Waals surface area (Å²) in [5, 5.41) is 16.4. The summed E-state index contributed by atoms with van der Waals surface area (Å²) in [5.41, 5.74) is 0.837. The molecule has 0 aliphatic carbocycles. The largest absolute Gasteiger partial charge is 0.383 e. The summed E-state index contributed by atoms with van der Waals surface area (Å²) in [6, 6.07) is 6.15. The standard InChI is InChI=1S/C13H17N3O4/c17-13(12-2-1-9-20-12)15-8-7-14-10-3-5-11(6-4-10)16(18)19/h3-6,12,14H,1-2,7-9H2,(H,15,17)/t12-/m1/s1. The highest BCUT2D eigenvalue weighted by atomic mass is 16.6. The van der Waals surface area contributed by atoms with Crippen molar-refractivity contribution < 1.29 is 14.5 Å². The van der Waals surface area contributed by atoms with Gasteiger partial charge in [-0.3, -0.25) is 14.9 Å². The summed E-state index contributed by atoms with van der Waals surface area (Å²) in [5.74, 6) is -0.0759. The minimum Gasteiger partial charge on any atom is -0.383 e. The lowest BCUT2D eigenvalue weighted by molar-refractivity contribution is -0.384. The first-order valence-electron chi connectivity index (χ1n) is 6.54. The van der Waals surface area contributed by atoms with E-state index in [-0.39, 0.29) is 17.7 Å². The number of nitro groups is 1. The molecule has 1 saturated heterocycles. The highest BCUT2D eigenvalue weighted by Crippen LogP contribution is 2.15. The van der Waals surface area contributed by atoms with Crippen LogP contribution in [0.25, 0.3) is 0 Å². The van der Waals surface area contributed by atoms with Crippen LogP contribution < -0.4 is 10.6 Å². The molecule has 0 radical (unpaired) electrons. The highest BCUT2D eigenvalue weighted by molar-refractivity contribution is 5.80. The van der Waals surface area contributed by atoms with Gasteiger partial charge in [-0.1, -0.05) is 0 Å². The van der Waals surface area contributed by atoms with Crippen LogP contribution in [-0.4, -0.2) is 36.6 Å². The summed E-state index contributed by atoms with van der Waals surface area (Å²) in [7, 11) is 0. The number of hydrogen-bond donors (Lipinski definition) is 2. The smallest absolute Gasteiger partial charge is 0.269 e. The van der Waals surface area contributed by atoms with Crippen LogP contribution in [-0.2, 0) is 9.53 Å². The van der Waals surface area contributed by atoms with Crippen LogP contribution in [0.1, 0.15) is 12.8 Å². The van der Waals surface area contributed by atoms with Crippen molar-refractivity contribution in [1.82, 2.24) is 5.32 Å². The molecule has 108 valence electrons. The van der Waals surface area contributed by atoms with Crippen molar-refractivity contribution in [3.8, 4) is 0 Å². The van der Waals surface area contributed by atoms with E-state index < -0.39 is 4.92 Å². The Hall–Kier alpha value is -2.15. The molecule has 20 heavy (non-hydrogen) atoms. The molecule has 1 aromatic rings. The fourth-order valence-electron chi connectivity index (χ4n) is 1.99. The molecule has 1 amide bonds. The minimum absolute atomic E-state index is 0.0576. The predicted octanol–water partition coefficient (Wildman–Crippen LogP) is 1.30. The van der Waals surface area contributed by atoms with E-state index in [0.717, 1.165) is 18.5 Å². The Labute approximate surface area is 116 Å². The zero-order valence-electron chi connectivity index (χ0n) is 11.0. The maximum absolute atomic E-state index is 11.6. The summed E-state index contributed by atoms with van der Waals surface area (Å²) < 4.78 is 5.27. The summed E-state index contributed by atoms with van der Waals surface area (Å²) in [6.45, 7) is 1.69. The van der Waals surface area contributed by atoms with E-state index in [1.54, 1.807) is 12.1 Å². The number of rotatable bonds is 6. The number of amides is 1. The van der Waals surface area contributed by atoms with Gasteiger partial charge in [0, 0.05) is 37.5 Å². The first kappa shape index (κ1) is 14.3. The molecule has 1 aromatic carbocycles. The lowest BCUT2D eigenvalue weighted by atomic mass is 10.2. The summed E-state index contributed by atoms with van der Waals surface area (Å²) >= 11 is 0. The van der Waals surface area contributed by atoms with Crippen LogP contribution >= 0.6 is 0 Å². The molecule has 0 aromatic heterocycles. The lowest BCUT2D eigenvalue weighted by Gasteiger charge is -2.11. The number of nitrogens with zero attached hydrogens (tertiary/aromatic N) is 1. The van der Waals surface area contributed by atoms with E-state index in [2.05, 4.69) is 10.6 Å². The van der Waals surface area contributed by atoms with Crippen molar-refractivity contribution in [3.05, 3.63) is 34.4 Å². The second-order valence-electron chi connectivity index (χ2n) is 4.52. The molecule has 7 heteroatoms. The molecular weight excluding hydrogens is 262 g/mol. The van der Waals surface area contributed by atoms with Gasteiger partial charge in [0.25, 0.3) is 5.69 Å². The molecule has 7 nitrogen and oxygen atoms in total. The van der Waals surface area contributed by atoms with Gasteiger partial charge in [-0.05, 0) is 25.0 Å². The molecule has 0 bridgehead atoms. The second-order valence-corrected chi connectivity index (χ2v) is 4.52. The van der Waals surface area contributed by atoms with Gasteiger partial charge >= 0.3 is 0 Å². The lowest BCUT2D eigenvalue weighted by Crippen LogP contribution is -2.36. The number of carbonyl (C=O) groups excluding carboxylic acids is 1. The SMILES string of the molecule is O=C(NCCNc1ccc([N+](=O)[O-])cc1)[C@H]1CCCO1. The topological polar surface area (TPSA) is 93.5 Å². The van der Waals surface area contributed by atoms with E-state index >= 15 is 0 Å². The maximum Gasteiger partial charge on any atom is 0.269 e. The van der Waals surface area contributed by atoms with Crippen molar-refractivity contribution in [2.45, 2.75) is 18.9 Å². The number of anilines is 1. The Morgan fingerprint density at radius 2 is 2.10 bits per heavy atom. The minimum atomic E-state index is -0.439. The maximum atomic E-state index is 11.6. The zero-order chi connectivity index (χ0) is 14.4. The third kappa shape index (κ3) is 3.92. The first-order chi connectivity index (χ1) is 9.66. The van der Waals surface area contributed by atoms with Crippen LogP contribution in [0.2, 0.25) is 0 Å². The van der Waals surface area contributed by atoms with Gasteiger partial charge in [0.05, 0.1) is 4.92 Å². The van der Waals surface area contributed by atoms with Crippen LogP contribution in [0.3, 0.4) is 0 Å². The summed E-state index contributed by atoms with van der Waals surface area (Å²) in [4.78, 5) is 21.7. The number of non-ortho nitro benzene ring substituents is 1. The predicted molar refractivity (Wildman–Crippen MR) is 73.6 cm³/mol. The van der Waals surface area contributed by atoms with E-state index in [1.165, 1.54) is 12.1 Å². The molecule has 2 rings (SSSR count). The second kappa shape index (κ2) is 6.85. The van der Waals surface area contributed by atoms with E-state index in [0.29, 0.717) is 19.7 Å². The molecular formula is C13H17N3O4. The van der Waals surface area contributed by atoms with Crippen molar-refractivity contribution in [2.75, 3.05) is 25.0 Å². The molecule has 1 atom stereocenters. The Bertz CT molecular complexity index is 469. The van der Waals surface area contributed by atoms with Gasteiger partial charge in [-0.15, -0.1) is 0 Å². The summed E-state index contributed by atoms with van der Waals surface area (Å²) in [6.07, 6.45) is 1.40. The Morgan fingerprint density at radius 3 is 2.70 bits per heavy atom. The Balaban J connectivity index is 1.67. The van der Waals surface area contributed by atoms with Crippen LogP contribution in [0.4, 0.5) is 11.4 Å². The van der Waals surface area contributed by atoms with E-state index in [9.17, 15) is 14.9 Å². The zero-order valence-corrected chi connectivity index (χ0v) is 11.0. The van der Waals surface area contributed by atoms with Crippen molar-refractivity contribution >= 4 is 17.3 Å². The van der Waals surface area contributed by atoms with Gasteiger partial charge in [0.15, 0.2) is 0 Å². The fourth-order valence-corrected chi connectivity index (χ4v) is 1.99. The third-order valence-corrected chi connectivity index (χ3v) is 3.05. The molecule has 2 N–H and O–H groups in total. The number of nitro benzene ring substituents is 1. The van der Waals surface area contributed by atoms with Gasteiger partial charge in [-0.2, -0.15) is 0 Å². The van der Waals surface area contributed by atoms with Crippen molar-refractivity contribution in [2.24, 2.45) is 0 Å². The van der Waals surface area contributed by atoms with Crippen LogP contribution in [0, 0.1) is 10.1 Å². The van der Waals surface area contributed by atoms with E-state index in [4.69, 9.17) is 4.74 Å². The molecule has 1 fully saturated rings. The monoisotopic (exact) mass is 279 g/mol. The van der Waals surface area contributed by atoms with Gasteiger partial charge < -0.3 is 15.4 Å². The van der Waals surface area contributed by atoms with Gasteiger partial charge in [-0.25, -0.2) is 0 Å². The molecule has 1 aliphatic rings. The fraction of sp³-hybridized carbons (Fsp3) is 0.462. The van der Waals surface area contributed by atoms with Crippen LogP contribution in [0.15, 0.2) is 24.3 Å². The average molecular weight is 279 g/mol. The third-order valence-electron chi connectivity index (χ3n) is 3.05.